The van der Waals surface area contributed by atoms with Crippen molar-refractivity contribution in [2.75, 3.05) is 4.90 Å². The fraction of sp³-hybridized carbons (Fsp3) is 0.190. The van der Waals surface area contributed by atoms with Crippen LogP contribution in [-0.4, -0.2) is 15.9 Å². The van der Waals surface area contributed by atoms with Crippen LogP contribution in [0.2, 0.25) is 4.34 Å². The summed E-state index contributed by atoms with van der Waals surface area (Å²) in [5.74, 6) is -0.00265. The Labute approximate surface area is 176 Å². The molecule has 0 unspecified atom stereocenters. The van der Waals surface area contributed by atoms with E-state index in [0.717, 1.165) is 27.1 Å². The van der Waals surface area contributed by atoms with Crippen molar-refractivity contribution in [2.45, 2.75) is 26.3 Å². The second-order valence-electron chi connectivity index (χ2n) is 6.38. The Morgan fingerprint density at radius 3 is 2.75 bits per heavy atom. The van der Waals surface area contributed by atoms with Gasteiger partial charge in [0.2, 0.25) is 5.91 Å². The van der Waals surface area contributed by atoms with Gasteiger partial charge in [-0.2, -0.15) is 0 Å². The van der Waals surface area contributed by atoms with Crippen molar-refractivity contribution < 1.29 is 4.79 Å². The smallest absolute Gasteiger partial charge is 0.234 e. The lowest BCUT2D eigenvalue weighted by molar-refractivity contribution is -0.118. The normalized spacial score (nSPS) is 11.1. The van der Waals surface area contributed by atoms with Gasteiger partial charge in [0.1, 0.15) is 0 Å². The molecule has 0 atom stereocenters. The Morgan fingerprint density at radius 1 is 1.14 bits per heavy atom. The van der Waals surface area contributed by atoms with Gasteiger partial charge < -0.3 is 0 Å². The largest absolute Gasteiger partial charge is 0.283 e. The summed E-state index contributed by atoms with van der Waals surface area (Å²) in [6, 6.07) is 13.8. The summed E-state index contributed by atoms with van der Waals surface area (Å²) in [4.78, 5) is 24.8. The summed E-state index contributed by atoms with van der Waals surface area (Å²) in [7, 11) is 0. The highest BCUT2D eigenvalue weighted by atomic mass is 35.5. The second-order valence-corrected chi connectivity index (χ2v) is 9.18. The number of thiazole rings is 1. The Kier molecular flexibility index (Phi) is 5.71. The molecule has 28 heavy (non-hydrogen) atoms. The lowest BCUT2D eigenvalue weighted by atomic mass is 10.2. The number of carbonyl (C=O) groups is 1. The number of rotatable bonds is 6. The molecule has 0 saturated carbocycles. The molecule has 0 spiro atoms. The molecule has 0 fully saturated rings. The number of thiophene rings is 1. The van der Waals surface area contributed by atoms with Crippen LogP contribution >= 0.6 is 34.3 Å². The number of carbonyl (C=O) groups excluding carboxylic acids is 1. The van der Waals surface area contributed by atoms with Gasteiger partial charge in [0.05, 0.1) is 27.5 Å². The number of hydrogen-bond acceptors (Lipinski definition) is 5. The molecule has 4 nitrogen and oxygen atoms in total. The Hall–Kier alpha value is -2.28. The second kappa shape index (κ2) is 8.39. The summed E-state index contributed by atoms with van der Waals surface area (Å²) in [5, 5.41) is 0.708. The molecule has 4 aromatic rings. The molecular formula is C21H18ClN3OS2. The summed E-state index contributed by atoms with van der Waals surface area (Å²) in [6.07, 6.45) is 4.78. The maximum Gasteiger partial charge on any atom is 0.234 e. The number of aromatic nitrogens is 2. The van der Waals surface area contributed by atoms with E-state index in [1.807, 2.05) is 30.3 Å². The molecule has 3 aromatic heterocycles. The third-order valence-corrected chi connectivity index (χ3v) is 6.67. The van der Waals surface area contributed by atoms with Crippen molar-refractivity contribution in [3.05, 3.63) is 75.2 Å². The number of pyridine rings is 1. The Morgan fingerprint density at radius 2 is 2.04 bits per heavy atom. The van der Waals surface area contributed by atoms with Crippen molar-refractivity contribution in [1.82, 2.24) is 9.97 Å². The first-order chi connectivity index (χ1) is 13.6. The number of fused-ring (bicyclic) bond motifs is 1. The van der Waals surface area contributed by atoms with E-state index >= 15 is 0 Å². The monoisotopic (exact) mass is 427 g/mol. The third-order valence-electron chi connectivity index (χ3n) is 4.40. The van der Waals surface area contributed by atoms with Crippen LogP contribution in [0.15, 0.2) is 54.9 Å². The molecule has 0 bridgehead atoms. The number of anilines is 1. The van der Waals surface area contributed by atoms with Gasteiger partial charge in [-0.1, -0.05) is 42.0 Å². The van der Waals surface area contributed by atoms with Gasteiger partial charge in [-0.15, -0.1) is 11.3 Å². The van der Waals surface area contributed by atoms with Crippen molar-refractivity contribution in [2.24, 2.45) is 0 Å². The van der Waals surface area contributed by atoms with Crippen LogP contribution in [0.1, 0.15) is 22.9 Å². The molecule has 1 aromatic carbocycles. The highest BCUT2D eigenvalue weighted by molar-refractivity contribution is 7.22. The highest BCUT2D eigenvalue weighted by Gasteiger charge is 2.21. The van der Waals surface area contributed by atoms with Crippen LogP contribution in [-0.2, 0) is 24.2 Å². The van der Waals surface area contributed by atoms with E-state index in [2.05, 4.69) is 24.0 Å². The van der Waals surface area contributed by atoms with E-state index in [-0.39, 0.29) is 5.91 Å². The number of hydrogen-bond donors (Lipinski definition) is 0. The number of amides is 1. The molecule has 0 aliphatic rings. The molecule has 0 radical (unpaired) electrons. The van der Waals surface area contributed by atoms with E-state index in [4.69, 9.17) is 16.6 Å². The summed E-state index contributed by atoms with van der Waals surface area (Å²) < 4.78 is 1.78. The topological polar surface area (TPSA) is 46.1 Å². The average Bonchev–Trinajstić information content (AvgIpc) is 3.31. The number of aryl methyl sites for hydroxylation is 1. The summed E-state index contributed by atoms with van der Waals surface area (Å²) in [5.41, 5.74) is 3.15. The summed E-state index contributed by atoms with van der Waals surface area (Å²) in [6.45, 7) is 2.57. The Balaban J connectivity index is 1.68. The van der Waals surface area contributed by atoms with Gasteiger partial charge in [0.15, 0.2) is 5.13 Å². The van der Waals surface area contributed by atoms with Gasteiger partial charge >= 0.3 is 0 Å². The molecule has 142 valence electrons. The molecule has 0 N–H and O–H groups in total. The van der Waals surface area contributed by atoms with E-state index < -0.39 is 0 Å². The van der Waals surface area contributed by atoms with Gasteiger partial charge in [-0.05, 0) is 47.9 Å². The average molecular weight is 428 g/mol. The van der Waals surface area contributed by atoms with Gasteiger partial charge in [-0.3, -0.25) is 14.7 Å². The molecule has 3 heterocycles. The third kappa shape index (κ3) is 4.24. The van der Waals surface area contributed by atoms with Crippen molar-refractivity contribution >= 4 is 55.5 Å². The molecular weight excluding hydrogens is 410 g/mol. The lowest BCUT2D eigenvalue weighted by Crippen LogP contribution is -2.31. The van der Waals surface area contributed by atoms with Crippen LogP contribution in [0.25, 0.3) is 10.2 Å². The molecule has 0 aliphatic carbocycles. The van der Waals surface area contributed by atoms with Gasteiger partial charge in [0.25, 0.3) is 0 Å². The molecule has 0 saturated heterocycles. The molecule has 4 rings (SSSR count). The number of halogens is 1. The number of benzene rings is 1. The fourth-order valence-corrected chi connectivity index (χ4v) is 5.04. The highest BCUT2D eigenvalue weighted by Crippen LogP contribution is 2.31. The van der Waals surface area contributed by atoms with E-state index in [1.165, 1.54) is 16.9 Å². The summed E-state index contributed by atoms with van der Waals surface area (Å²) >= 11 is 9.01. The van der Waals surface area contributed by atoms with Crippen molar-refractivity contribution in [1.29, 1.82) is 0 Å². The quantitative estimate of drug-likeness (QED) is 0.394. The van der Waals surface area contributed by atoms with Crippen LogP contribution in [0, 0.1) is 0 Å². The predicted molar refractivity (Wildman–Crippen MR) is 117 cm³/mol. The zero-order valence-electron chi connectivity index (χ0n) is 15.3. The first-order valence-corrected chi connectivity index (χ1v) is 11.0. The minimum absolute atomic E-state index is 0.00265. The maximum absolute atomic E-state index is 13.2. The van der Waals surface area contributed by atoms with Crippen LogP contribution < -0.4 is 4.90 Å². The van der Waals surface area contributed by atoms with Gasteiger partial charge in [-0.25, -0.2) is 4.98 Å². The van der Waals surface area contributed by atoms with Crippen molar-refractivity contribution in [3.8, 4) is 0 Å². The first-order valence-electron chi connectivity index (χ1n) is 8.95. The lowest BCUT2D eigenvalue weighted by Gasteiger charge is -2.19. The van der Waals surface area contributed by atoms with Crippen LogP contribution in [0.3, 0.4) is 0 Å². The van der Waals surface area contributed by atoms with Crippen LogP contribution in [0.4, 0.5) is 5.13 Å². The van der Waals surface area contributed by atoms with E-state index in [1.54, 1.807) is 28.6 Å². The zero-order chi connectivity index (χ0) is 19.5. The number of nitrogens with zero attached hydrogens (tertiary/aromatic N) is 3. The predicted octanol–water partition coefficient (Wildman–Crippen LogP) is 5.74. The maximum atomic E-state index is 13.2. The van der Waals surface area contributed by atoms with Crippen LogP contribution in [0.5, 0.6) is 0 Å². The molecule has 7 heteroatoms. The molecule has 0 aliphatic heterocycles. The zero-order valence-corrected chi connectivity index (χ0v) is 17.7. The van der Waals surface area contributed by atoms with E-state index in [0.29, 0.717) is 22.4 Å². The minimum atomic E-state index is -0.00265. The Bertz CT molecular complexity index is 1110. The fourth-order valence-electron chi connectivity index (χ4n) is 2.92. The molecule has 1 amide bonds. The standard InChI is InChI=1S/C21H18ClN3OS2/c1-2-14-5-7-17-18(10-14)28-21(24-17)25(13-15-4-3-9-23-12-15)20(26)11-16-6-8-19(22)27-16/h3-10,12H,2,11,13H2,1H3. The van der Waals surface area contributed by atoms with E-state index in [9.17, 15) is 4.79 Å². The first kappa shape index (κ1) is 19.1. The van der Waals surface area contributed by atoms with Crippen molar-refractivity contribution in [3.63, 3.8) is 0 Å². The van der Waals surface area contributed by atoms with Gasteiger partial charge in [0, 0.05) is 17.3 Å². The SMILES string of the molecule is CCc1ccc2nc(N(Cc3cccnc3)C(=O)Cc3ccc(Cl)s3)sc2c1. The minimum Gasteiger partial charge on any atom is -0.283 e.